The molecule has 17 heavy (non-hydrogen) atoms. The lowest BCUT2D eigenvalue weighted by Gasteiger charge is -2.03. The molecule has 0 saturated heterocycles. The van der Waals surface area contributed by atoms with E-state index >= 15 is 0 Å². The zero-order valence-corrected chi connectivity index (χ0v) is 9.34. The maximum Gasteiger partial charge on any atom is 0.225 e. The van der Waals surface area contributed by atoms with E-state index in [1.165, 1.54) is 0 Å². The lowest BCUT2D eigenvalue weighted by atomic mass is 10.2. The second kappa shape index (κ2) is 5.75. The molecular formula is C13H13N3O. The number of rotatable bonds is 4. The summed E-state index contributed by atoms with van der Waals surface area (Å²) in [6, 6.07) is 11.1. The van der Waals surface area contributed by atoms with Crippen LogP contribution in [0, 0.1) is 0 Å². The van der Waals surface area contributed by atoms with E-state index in [-0.39, 0.29) is 5.91 Å². The zero-order chi connectivity index (χ0) is 11.9. The average molecular weight is 227 g/mol. The van der Waals surface area contributed by atoms with Gasteiger partial charge in [0.25, 0.3) is 0 Å². The van der Waals surface area contributed by atoms with Crippen molar-refractivity contribution in [2.24, 2.45) is 0 Å². The Hall–Kier alpha value is -2.23. The van der Waals surface area contributed by atoms with Gasteiger partial charge in [0.1, 0.15) is 5.82 Å². The Kier molecular flexibility index (Phi) is 3.81. The largest absolute Gasteiger partial charge is 0.311 e. The van der Waals surface area contributed by atoms with Crippen molar-refractivity contribution in [3.05, 3.63) is 54.5 Å². The normalized spacial score (nSPS) is 9.88. The summed E-state index contributed by atoms with van der Waals surface area (Å²) in [5.41, 5.74) is 0.920. The molecule has 0 aliphatic heterocycles. The van der Waals surface area contributed by atoms with Crippen LogP contribution in [-0.4, -0.2) is 15.9 Å². The molecule has 0 aromatic carbocycles. The van der Waals surface area contributed by atoms with Crippen LogP contribution in [0.5, 0.6) is 0 Å². The first kappa shape index (κ1) is 11.3. The van der Waals surface area contributed by atoms with E-state index in [9.17, 15) is 4.79 Å². The number of pyridine rings is 2. The predicted molar refractivity (Wildman–Crippen MR) is 65.4 cm³/mol. The van der Waals surface area contributed by atoms with Gasteiger partial charge in [0.05, 0.1) is 0 Å². The Morgan fingerprint density at radius 2 is 1.82 bits per heavy atom. The Morgan fingerprint density at radius 1 is 1.06 bits per heavy atom. The number of hydrogen-bond donors (Lipinski definition) is 1. The van der Waals surface area contributed by atoms with Crippen LogP contribution in [0.2, 0.25) is 0 Å². The van der Waals surface area contributed by atoms with E-state index in [0.717, 1.165) is 5.69 Å². The summed E-state index contributed by atoms with van der Waals surface area (Å²) >= 11 is 0. The fourth-order valence-corrected chi connectivity index (χ4v) is 1.43. The van der Waals surface area contributed by atoms with Crippen molar-refractivity contribution in [1.82, 2.24) is 9.97 Å². The fraction of sp³-hybridized carbons (Fsp3) is 0.154. The first-order valence-electron chi connectivity index (χ1n) is 5.45. The quantitative estimate of drug-likeness (QED) is 0.869. The van der Waals surface area contributed by atoms with E-state index in [0.29, 0.717) is 18.7 Å². The number of carbonyl (C=O) groups excluding carboxylic acids is 1. The second-order valence-electron chi connectivity index (χ2n) is 3.58. The van der Waals surface area contributed by atoms with Gasteiger partial charge < -0.3 is 5.32 Å². The van der Waals surface area contributed by atoms with Crippen LogP contribution in [0.15, 0.2) is 48.8 Å². The molecule has 0 fully saturated rings. The van der Waals surface area contributed by atoms with Gasteiger partial charge in [-0.2, -0.15) is 0 Å². The summed E-state index contributed by atoms with van der Waals surface area (Å²) in [5.74, 6) is 0.535. The molecule has 0 saturated carbocycles. The van der Waals surface area contributed by atoms with Crippen LogP contribution in [0.25, 0.3) is 0 Å². The topological polar surface area (TPSA) is 54.9 Å². The Bertz CT molecular complexity index is 471. The van der Waals surface area contributed by atoms with E-state index < -0.39 is 0 Å². The van der Waals surface area contributed by atoms with Crippen molar-refractivity contribution in [2.45, 2.75) is 12.8 Å². The minimum atomic E-state index is -0.0469. The minimum Gasteiger partial charge on any atom is -0.311 e. The lowest BCUT2D eigenvalue weighted by Crippen LogP contribution is -2.13. The standard InChI is InChI=1S/C13H13N3O/c17-13(16-12-6-2-4-10-15-12)8-7-11-5-1-3-9-14-11/h1-6,9-10H,7-8H2,(H,15,16,17). The molecule has 0 atom stereocenters. The Morgan fingerprint density at radius 3 is 2.47 bits per heavy atom. The molecule has 2 rings (SSSR count). The average Bonchev–Trinajstić information content (AvgIpc) is 2.39. The number of aryl methyl sites for hydroxylation is 1. The summed E-state index contributed by atoms with van der Waals surface area (Å²) in [4.78, 5) is 19.8. The number of carbonyl (C=O) groups is 1. The molecule has 0 aliphatic rings. The molecule has 0 radical (unpaired) electrons. The first-order chi connectivity index (χ1) is 8.34. The third kappa shape index (κ3) is 3.68. The lowest BCUT2D eigenvalue weighted by molar-refractivity contribution is -0.116. The maximum atomic E-state index is 11.6. The molecule has 4 nitrogen and oxygen atoms in total. The number of nitrogens with one attached hydrogen (secondary N) is 1. The van der Waals surface area contributed by atoms with E-state index in [4.69, 9.17) is 0 Å². The molecule has 86 valence electrons. The number of amides is 1. The van der Waals surface area contributed by atoms with Crippen molar-refractivity contribution in [3.8, 4) is 0 Å². The molecule has 0 aliphatic carbocycles. The van der Waals surface area contributed by atoms with Crippen molar-refractivity contribution in [2.75, 3.05) is 5.32 Å². The third-order valence-electron chi connectivity index (χ3n) is 2.27. The van der Waals surface area contributed by atoms with Crippen LogP contribution >= 0.6 is 0 Å². The monoisotopic (exact) mass is 227 g/mol. The van der Waals surface area contributed by atoms with Gasteiger partial charge in [-0.15, -0.1) is 0 Å². The highest BCUT2D eigenvalue weighted by atomic mass is 16.1. The molecule has 2 aromatic rings. The molecule has 0 spiro atoms. The van der Waals surface area contributed by atoms with Gasteiger partial charge in [0.15, 0.2) is 0 Å². The van der Waals surface area contributed by atoms with Gasteiger partial charge >= 0.3 is 0 Å². The summed E-state index contributed by atoms with van der Waals surface area (Å²) in [6.45, 7) is 0. The highest BCUT2D eigenvalue weighted by molar-refractivity contribution is 5.89. The summed E-state index contributed by atoms with van der Waals surface area (Å²) < 4.78 is 0. The SMILES string of the molecule is O=C(CCc1ccccn1)Nc1ccccn1. The zero-order valence-electron chi connectivity index (χ0n) is 9.34. The molecule has 1 amide bonds. The van der Waals surface area contributed by atoms with Crippen molar-refractivity contribution in [3.63, 3.8) is 0 Å². The van der Waals surface area contributed by atoms with Gasteiger partial charge in [0, 0.05) is 24.5 Å². The molecule has 1 N–H and O–H groups in total. The number of anilines is 1. The third-order valence-corrected chi connectivity index (χ3v) is 2.27. The molecule has 0 bridgehead atoms. The van der Waals surface area contributed by atoms with Crippen LogP contribution < -0.4 is 5.32 Å². The molecule has 2 heterocycles. The molecule has 0 unspecified atom stereocenters. The molecule has 4 heteroatoms. The number of aromatic nitrogens is 2. The fourth-order valence-electron chi connectivity index (χ4n) is 1.43. The highest BCUT2D eigenvalue weighted by Crippen LogP contribution is 2.03. The molecular weight excluding hydrogens is 214 g/mol. The second-order valence-corrected chi connectivity index (χ2v) is 3.58. The number of hydrogen-bond acceptors (Lipinski definition) is 3. The number of nitrogens with zero attached hydrogens (tertiary/aromatic N) is 2. The van der Waals surface area contributed by atoms with E-state index in [1.807, 2.05) is 30.3 Å². The van der Waals surface area contributed by atoms with Crippen LogP contribution in [-0.2, 0) is 11.2 Å². The van der Waals surface area contributed by atoms with E-state index in [2.05, 4.69) is 15.3 Å². The van der Waals surface area contributed by atoms with Crippen LogP contribution in [0.1, 0.15) is 12.1 Å². The van der Waals surface area contributed by atoms with Crippen molar-refractivity contribution >= 4 is 11.7 Å². The molecule has 2 aromatic heterocycles. The van der Waals surface area contributed by atoms with Gasteiger partial charge in [-0.25, -0.2) is 4.98 Å². The van der Waals surface area contributed by atoms with Gasteiger partial charge in [0.2, 0.25) is 5.91 Å². The summed E-state index contributed by atoms with van der Waals surface area (Å²) in [6.07, 6.45) is 4.42. The van der Waals surface area contributed by atoms with Gasteiger partial charge in [-0.3, -0.25) is 9.78 Å². The van der Waals surface area contributed by atoms with E-state index in [1.54, 1.807) is 18.5 Å². The highest BCUT2D eigenvalue weighted by Gasteiger charge is 2.03. The summed E-state index contributed by atoms with van der Waals surface area (Å²) in [7, 11) is 0. The minimum absolute atomic E-state index is 0.0469. The smallest absolute Gasteiger partial charge is 0.225 e. The van der Waals surface area contributed by atoms with Crippen molar-refractivity contribution < 1.29 is 4.79 Å². The van der Waals surface area contributed by atoms with Gasteiger partial charge in [-0.05, 0) is 30.7 Å². The van der Waals surface area contributed by atoms with Crippen LogP contribution in [0.3, 0.4) is 0 Å². The Labute approximate surface area is 99.7 Å². The van der Waals surface area contributed by atoms with Gasteiger partial charge in [-0.1, -0.05) is 12.1 Å². The van der Waals surface area contributed by atoms with Crippen molar-refractivity contribution in [1.29, 1.82) is 0 Å². The maximum absolute atomic E-state index is 11.6. The predicted octanol–water partition coefficient (Wildman–Crippen LogP) is 2.05. The summed E-state index contributed by atoms with van der Waals surface area (Å²) in [5, 5.41) is 2.73. The first-order valence-corrected chi connectivity index (χ1v) is 5.45. The Balaban J connectivity index is 1.83. The van der Waals surface area contributed by atoms with Crippen LogP contribution in [0.4, 0.5) is 5.82 Å².